The van der Waals surface area contributed by atoms with E-state index in [2.05, 4.69) is 10.6 Å². The second kappa shape index (κ2) is 6.22. The van der Waals surface area contributed by atoms with Crippen LogP contribution in [0.25, 0.3) is 0 Å². The molecule has 0 bridgehead atoms. The lowest BCUT2D eigenvalue weighted by Crippen LogP contribution is -2.27. The van der Waals surface area contributed by atoms with Crippen LogP contribution in [0.3, 0.4) is 0 Å². The molecule has 0 aliphatic carbocycles. The van der Waals surface area contributed by atoms with E-state index in [0.29, 0.717) is 23.3 Å². The molecule has 6 heteroatoms. The van der Waals surface area contributed by atoms with Crippen LogP contribution >= 0.6 is 11.6 Å². The van der Waals surface area contributed by atoms with E-state index in [1.165, 1.54) is 0 Å². The predicted octanol–water partition coefficient (Wildman–Crippen LogP) is 2.36. The van der Waals surface area contributed by atoms with E-state index in [1.807, 2.05) is 19.1 Å². The van der Waals surface area contributed by atoms with E-state index in [0.717, 1.165) is 37.4 Å². The summed E-state index contributed by atoms with van der Waals surface area (Å²) in [5.74, 6) is 0.974. The number of amides is 1. The zero-order valence-corrected chi connectivity index (χ0v) is 12.7. The lowest BCUT2D eigenvalue weighted by molar-refractivity contribution is -0.117. The number of hydrogen-bond donors (Lipinski definition) is 2. The Bertz CT molecular complexity index is 544. The maximum Gasteiger partial charge on any atom is 0.246 e. The minimum absolute atomic E-state index is 0.0516. The Morgan fingerprint density at radius 1 is 1.52 bits per heavy atom. The average Bonchev–Trinajstić information content (AvgIpc) is 3.07. The number of halogens is 1. The molecule has 0 aromatic heterocycles. The van der Waals surface area contributed by atoms with Crippen LogP contribution in [0, 0.1) is 5.92 Å². The van der Waals surface area contributed by atoms with E-state index in [1.54, 1.807) is 0 Å². The highest BCUT2D eigenvalue weighted by atomic mass is 35.5. The fourth-order valence-electron chi connectivity index (χ4n) is 2.70. The van der Waals surface area contributed by atoms with Crippen molar-refractivity contribution in [2.75, 3.05) is 31.7 Å². The number of anilines is 1. The van der Waals surface area contributed by atoms with E-state index in [-0.39, 0.29) is 11.9 Å². The Morgan fingerprint density at radius 2 is 2.38 bits per heavy atom. The molecule has 0 radical (unpaired) electrons. The maximum absolute atomic E-state index is 11.9. The first-order chi connectivity index (χ1) is 10.2. The second-order valence-electron chi connectivity index (χ2n) is 5.39. The predicted molar refractivity (Wildman–Crippen MR) is 80.9 cm³/mol. The van der Waals surface area contributed by atoms with Gasteiger partial charge in [0.2, 0.25) is 5.91 Å². The van der Waals surface area contributed by atoms with Crippen molar-refractivity contribution in [2.45, 2.75) is 19.4 Å². The molecule has 114 valence electrons. The van der Waals surface area contributed by atoms with Gasteiger partial charge in [-0.05, 0) is 19.0 Å². The summed E-state index contributed by atoms with van der Waals surface area (Å²) >= 11 is 6.28. The molecule has 2 unspecified atom stereocenters. The smallest absolute Gasteiger partial charge is 0.246 e. The molecule has 2 heterocycles. The third-order valence-electron chi connectivity index (χ3n) is 3.84. The lowest BCUT2D eigenvalue weighted by atomic mass is 10.1. The topological polar surface area (TPSA) is 59.6 Å². The molecular weight excluding hydrogens is 292 g/mol. The van der Waals surface area contributed by atoms with Gasteiger partial charge in [0.05, 0.1) is 18.2 Å². The number of nitrogens with one attached hydrogen (secondary N) is 2. The van der Waals surface area contributed by atoms with Crippen molar-refractivity contribution in [1.82, 2.24) is 5.32 Å². The van der Waals surface area contributed by atoms with Crippen molar-refractivity contribution in [3.63, 3.8) is 0 Å². The van der Waals surface area contributed by atoms with Crippen LogP contribution in [0.5, 0.6) is 5.75 Å². The van der Waals surface area contributed by atoms with Crippen molar-refractivity contribution in [1.29, 1.82) is 0 Å². The Labute approximate surface area is 128 Å². The van der Waals surface area contributed by atoms with Gasteiger partial charge in [0.15, 0.2) is 0 Å². The number of benzene rings is 1. The van der Waals surface area contributed by atoms with E-state index in [4.69, 9.17) is 21.1 Å². The number of carbonyl (C=O) groups is 1. The van der Waals surface area contributed by atoms with Gasteiger partial charge in [-0.2, -0.15) is 0 Å². The number of carbonyl (C=O) groups excluding carboxylic acids is 1. The Hall–Kier alpha value is -1.30. The van der Waals surface area contributed by atoms with Gasteiger partial charge in [0.25, 0.3) is 0 Å². The zero-order chi connectivity index (χ0) is 14.8. The van der Waals surface area contributed by atoms with E-state index in [9.17, 15) is 4.79 Å². The van der Waals surface area contributed by atoms with E-state index >= 15 is 0 Å². The summed E-state index contributed by atoms with van der Waals surface area (Å²) in [6.07, 6.45) is 1.02. The van der Waals surface area contributed by atoms with Crippen molar-refractivity contribution in [3.8, 4) is 5.75 Å². The van der Waals surface area contributed by atoms with Gasteiger partial charge in [-0.15, -0.1) is 0 Å². The van der Waals surface area contributed by atoms with Crippen LogP contribution in [0.1, 0.15) is 24.9 Å². The molecule has 1 amide bonds. The van der Waals surface area contributed by atoms with Crippen molar-refractivity contribution in [3.05, 3.63) is 22.7 Å². The summed E-state index contributed by atoms with van der Waals surface area (Å²) in [7, 11) is 0. The van der Waals surface area contributed by atoms with Gasteiger partial charge in [-0.25, -0.2) is 0 Å². The first kappa shape index (κ1) is 14.6. The monoisotopic (exact) mass is 310 g/mol. The van der Waals surface area contributed by atoms with Gasteiger partial charge in [-0.1, -0.05) is 18.5 Å². The Balaban J connectivity index is 1.75. The van der Waals surface area contributed by atoms with Crippen LogP contribution in [-0.2, 0) is 9.53 Å². The molecule has 21 heavy (non-hydrogen) atoms. The summed E-state index contributed by atoms with van der Waals surface area (Å²) in [6.45, 7) is 4.81. The van der Waals surface area contributed by atoms with Crippen molar-refractivity contribution in [2.24, 2.45) is 5.92 Å². The molecule has 2 aliphatic rings. The SMILES string of the molecule is CCNC1C(=O)Nc2cc(OCC3CCOC3)c(Cl)cc21. The fourth-order valence-corrected chi connectivity index (χ4v) is 2.93. The molecule has 2 atom stereocenters. The summed E-state index contributed by atoms with van der Waals surface area (Å²) in [5.41, 5.74) is 1.65. The summed E-state index contributed by atoms with van der Waals surface area (Å²) in [6, 6.07) is 3.28. The Morgan fingerprint density at radius 3 is 3.10 bits per heavy atom. The largest absolute Gasteiger partial charge is 0.492 e. The normalized spacial score (nSPS) is 24.0. The van der Waals surface area contributed by atoms with Crippen molar-refractivity contribution >= 4 is 23.2 Å². The number of rotatable bonds is 5. The molecule has 2 aliphatic heterocycles. The van der Waals surface area contributed by atoms with Gasteiger partial charge in [0.1, 0.15) is 11.8 Å². The van der Waals surface area contributed by atoms with Crippen LogP contribution in [-0.4, -0.2) is 32.3 Å². The third-order valence-corrected chi connectivity index (χ3v) is 4.14. The highest BCUT2D eigenvalue weighted by Crippen LogP contribution is 2.38. The lowest BCUT2D eigenvalue weighted by Gasteiger charge is -2.14. The van der Waals surface area contributed by atoms with Crippen molar-refractivity contribution < 1.29 is 14.3 Å². The van der Waals surface area contributed by atoms with Gasteiger partial charge in [-0.3, -0.25) is 4.79 Å². The number of hydrogen-bond acceptors (Lipinski definition) is 4. The molecule has 1 aromatic rings. The Kier molecular flexibility index (Phi) is 4.33. The molecule has 1 saturated heterocycles. The fraction of sp³-hybridized carbons (Fsp3) is 0.533. The first-order valence-electron chi connectivity index (χ1n) is 7.27. The zero-order valence-electron chi connectivity index (χ0n) is 11.9. The molecule has 0 spiro atoms. The van der Waals surface area contributed by atoms with Gasteiger partial charge < -0.3 is 20.1 Å². The van der Waals surface area contributed by atoms with Gasteiger partial charge >= 0.3 is 0 Å². The molecule has 2 N–H and O–H groups in total. The van der Waals surface area contributed by atoms with Crippen LogP contribution in [0.15, 0.2) is 12.1 Å². The number of likely N-dealkylation sites (N-methyl/N-ethyl adjacent to an activating group) is 1. The molecular formula is C15H19ClN2O3. The highest BCUT2D eigenvalue weighted by Gasteiger charge is 2.31. The number of fused-ring (bicyclic) bond motifs is 1. The second-order valence-corrected chi connectivity index (χ2v) is 5.80. The summed E-state index contributed by atoms with van der Waals surface area (Å²) < 4.78 is 11.1. The standard InChI is InChI=1S/C15H19ClN2O3/c1-2-17-14-10-5-11(16)13(6-12(10)18-15(14)19)21-8-9-3-4-20-7-9/h5-6,9,14,17H,2-4,7-8H2,1H3,(H,18,19). The molecule has 5 nitrogen and oxygen atoms in total. The molecule has 1 aromatic carbocycles. The van der Waals surface area contributed by atoms with Crippen LogP contribution in [0.2, 0.25) is 5.02 Å². The minimum atomic E-state index is -0.334. The average molecular weight is 311 g/mol. The quantitative estimate of drug-likeness (QED) is 0.876. The molecule has 3 rings (SSSR count). The highest BCUT2D eigenvalue weighted by molar-refractivity contribution is 6.32. The van der Waals surface area contributed by atoms with Gasteiger partial charge in [0, 0.05) is 29.8 Å². The van der Waals surface area contributed by atoms with Crippen LogP contribution < -0.4 is 15.4 Å². The number of ether oxygens (including phenoxy) is 2. The molecule has 0 saturated carbocycles. The first-order valence-corrected chi connectivity index (χ1v) is 7.65. The third kappa shape index (κ3) is 3.00. The molecule has 1 fully saturated rings. The summed E-state index contributed by atoms with van der Waals surface area (Å²) in [5, 5.41) is 6.54. The van der Waals surface area contributed by atoms with E-state index < -0.39 is 0 Å². The van der Waals surface area contributed by atoms with Crippen LogP contribution in [0.4, 0.5) is 5.69 Å². The maximum atomic E-state index is 11.9. The summed E-state index contributed by atoms with van der Waals surface area (Å²) in [4.78, 5) is 11.9. The minimum Gasteiger partial charge on any atom is -0.492 e.